The minimum Gasteiger partial charge on any atom is -0.345 e. The van der Waals surface area contributed by atoms with Crippen molar-refractivity contribution < 1.29 is 9.59 Å². The lowest BCUT2D eigenvalue weighted by Crippen LogP contribution is -2.26. The Balaban J connectivity index is 1.51. The van der Waals surface area contributed by atoms with E-state index in [9.17, 15) is 9.59 Å². The molecule has 0 saturated carbocycles. The molecule has 0 bridgehead atoms. The molecule has 6 nitrogen and oxygen atoms in total. The zero-order chi connectivity index (χ0) is 21.6. The number of nitrogens with zero attached hydrogens (tertiary/aromatic N) is 2. The molecule has 6 heteroatoms. The van der Waals surface area contributed by atoms with E-state index in [2.05, 4.69) is 22.5 Å². The normalized spacial score (nSPS) is 10.7. The number of rotatable bonds is 7. The summed E-state index contributed by atoms with van der Waals surface area (Å²) in [4.78, 5) is 29.8. The van der Waals surface area contributed by atoms with Crippen LogP contribution in [0.2, 0.25) is 0 Å². The molecule has 3 aromatic carbocycles. The van der Waals surface area contributed by atoms with Gasteiger partial charge in [-0.3, -0.25) is 9.59 Å². The second-order valence-electron chi connectivity index (χ2n) is 7.25. The van der Waals surface area contributed by atoms with Gasteiger partial charge in [-0.05, 0) is 48.4 Å². The van der Waals surface area contributed by atoms with Gasteiger partial charge >= 0.3 is 0 Å². The Kier molecular flexibility index (Phi) is 6.08. The van der Waals surface area contributed by atoms with Crippen LogP contribution < -0.4 is 10.6 Å². The van der Waals surface area contributed by atoms with Crippen molar-refractivity contribution in [2.24, 2.45) is 0 Å². The quantitative estimate of drug-likeness (QED) is 0.478. The van der Waals surface area contributed by atoms with Crippen LogP contribution in [0.25, 0.3) is 11.0 Å². The SMILES string of the molecule is CCc1ccc(NC(=O)Cn2c(CNC(=O)c3ccccc3)nc3ccccc32)cc1. The molecule has 31 heavy (non-hydrogen) atoms. The van der Waals surface area contributed by atoms with Crippen molar-refractivity contribution in [3.05, 3.63) is 95.8 Å². The van der Waals surface area contributed by atoms with Crippen molar-refractivity contribution in [3.8, 4) is 0 Å². The van der Waals surface area contributed by atoms with Crippen molar-refractivity contribution in [2.75, 3.05) is 5.32 Å². The fourth-order valence-corrected chi connectivity index (χ4v) is 3.46. The lowest BCUT2D eigenvalue weighted by Gasteiger charge is -2.11. The first-order chi connectivity index (χ1) is 15.1. The van der Waals surface area contributed by atoms with Crippen LogP contribution in [-0.4, -0.2) is 21.4 Å². The average molecular weight is 412 g/mol. The Morgan fingerprint density at radius 1 is 0.903 bits per heavy atom. The predicted octanol–water partition coefficient (Wildman–Crippen LogP) is 4.17. The first-order valence-electron chi connectivity index (χ1n) is 10.3. The smallest absolute Gasteiger partial charge is 0.251 e. The van der Waals surface area contributed by atoms with Crippen LogP contribution in [0, 0.1) is 0 Å². The number of para-hydroxylation sites is 2. The number of fused-ring (bicyclic) bond motifs is 1. The van der Waals surface area contributed by atoms with E-state index >= 15 is 0 Å². The second-order valence-corrected chi connectivity index (χ2v) is 7.25. The van der Waals surface area contributed by atoms with Crippen LogP contribution in [0.3, 0.4) is 0 Å². The standard InChI is InChI=1S/C25H24N4O2/c1-2-18-12-14-20(15-13-18)27-24(30)17-29-22-11-7-6-10-21(22)28-23(29)16-26-25(31)19-8-4-3-5-9-19/h3-15H,2,16-17H2,1H3,(H,26,31)(H,27,30). The molecule has 4 rings (SSSR count). The van der Waals surface area contributed by atoms with Crippen molar-refractivity contribution in [1.82, 2.24) is 14.9 Å². The van der Waals surface area contributed by atoms with E-state index in [0.717, 1.165) is 23.1 Å². The molecule has 2 N–H and O–H groups in total. The van der Waals surface area contributed by atoms with E-state index in [1.54, 1.807) is 12.1 Å². The van der Waals surface area contributed by atoms with Crippen LogP contribution in [0.5, 0.6) is 0 Å². The topological polar surface area (TPSA) is 76.0 Å². The Labute approximate surface area is 180 Å². The van der Waals surface area contributed by atoms with Gasteiger partial charge in [-0.1, -0.05) is 49.4 Å². The van der Waals surface area contributed by atoms with Gasteiger partial charge in [0.05, 0.1) is 17.6 Å². The number of hydrogen-bond acceptors (Lipinski definition) is 3. The number of amides is 2. The first kappa shape index (κ1) is 20.3. The van der Waals surface area contributed by atoms with E-state index < -0.39 is 0 Å². The minimum atomic E-state index is -0.181. The summed E-state index contributed by atoms with van der Waals surface area (Å²) in [5, 5.41) is 5.84. The fraction of sp³-hybridized carbons (Fsp3) is 0.160. The van der Waals surface area contributed by atoms with Crippen molar-refractivity contribution in [2.45, 2.75) is 26.4 Å². The van der Waals surface area contributed by atoms with Gasteiger partial charge in [0.1, 0.15) is 12.4 Å². The average Bonchev–Trinajstić information content (AvgIpc) is 3.15. The molecule has 0 fully saturated rings. The van der Waals surface area contributed by atoms with Crippen LogP contribution in [0.4, 0.5) is 5.69 Å². The maximum Gasteiger partial charge on any atom is 0.251 e. The highest BCUT2D eigenvalue weighted by molar-refractivity contribution is 5.94. The first-order valence-corrected chi connectivity index (χ1v) is 10.3. The molecule has 0 aliphatic rings. The van der Waals surface area contributed by atoms with Gasteiger partial charge < -0.3 is 15.2 Å². The van der Waals surface area contributed by atoms with Crippen molar-refractivity contribution in [3.63, 3.8) is 0 Å². The van der Waals surface area contributed by atoms with E-state index in [1.165, 1.54) is 5.56 Å². The molecular formula is C25H24N4O2. The molecule has 156 valence electrons. The van der Waals surface area contributed by atoms with Gasteiger partial charge in [0.2, 0.25) is 5.91 Å². The zero-order valence-electron chi connectivity index (χ0n) is 17.3. The highest BCUT2D eigenvalue weighted by Gasteiger charge is 2.15. The number of carbonyl (C=O) groups excluding carboxylic acids is 2. The number of hydrogen-bond donors (Lipinski definition) is 2. The molecule has 1 aromatic heterocycles. The summed E-state index contributed by atoms with van der Waals surface area (Å²) < 4.78 is 1.84. The van der Waals surface area contributed by atoms with Crippen LogP contribution in [-0.2, 0) is 24.3 Å². The number of anilines is 1. The highest BCUT2D eigenvalue weighted by atomic mass is 16.2. The molecule has 1 heterocycles. The number of carbonyl (C=O) groups is 2. The molecule has 0 radical (unpaired) electrons. The fourth-order valence-electron chi connectivity index (χ4n) is 3.46. The van der Waals surface area contributed by atoms with Crippen molar-refractivity contribution >= 4 is 28.5 Å². The van der Waals surface area contributed by atoms with Gasteiger partial charge in [0.15, 0.2) is 0 Å². The summed E-state index contributed by atoms with van der Waals surface area (Å²) in [6.07, 6.45) is 0.952. The summed E-state index contributed by atoms with van der Waals surface area (Å²) in [6.45, 7) is 2.42. The molecule has 0 aliphatic carbocycles. The van der Waals surface area contributed by atoms with Crippen molar-refractivity contribution in [1.29, 1.82) is 0 Å². The maximum absolute atomic E-state index is 12.7. The molecule has 0 atom stereocenters. The molecule has 0 spiro atoms. The number of nitrogens with one attached hydrogen (secondary N) is 2. The summed E-state index contributed by atoms with van der Waals surface area (Å²) >= 11 is 0. The molecule has 0 aliphatic heterocycles. The Morgan fingerprint density at radius 3 is 2.35 bits per heavy atom. The molecule has 2 amide bonds. The van der Waals surface area contributed by atoms with E-state index in [-0.39, 0.29) is 24.9 Å². The number of benzene rings is 3. The van der Waals surface area contributed by atoms with Crippen LogP contribution in [0.1, 0.15) is 28.7 Å². The van der Waals surface area contributed by atoms with Gasteiger partial charge in [0.25, 0.3) is 5.91 Å². The number of aromatic nitrogens is 2. The molecule has 0 unspecified atom stereocenters. The van der Waals surface area contributed by atoms with E-state index in [0.29, 0.717) is 11.4 Å². The Bertz CT molecular complexity index is 1200. The van der Waals surface area contributed by atoms with E-state index in [1.807, 2.05) is 71.3 Å². The van der Waals surface area contributed by atoms with Gasteiger partial charge in [-0.2, -0.15) is 0 Å². The minimum absolute atomic E-state index is 0.104. The third kappa shape index (κ3) is 4.80. The van der Waals surface area contributed by atoms with Gasteiger partial charge in [0, 0.05) is 11.3 Å². The Hall–Kier alpha value is -3.93. The molecular weight excluding hydrogens is 388 g/mol. The Morgan fingerprint density at radius 2 is 1.61 bits per heavy atom. The van der Waals surface area contributed by atoms with E-state index in [4.69, 9.17) is 0 Å². The lowest BCUT2D eigenvalue weighted by molar-refractivity contribution is -0.116. The van der Waals surface area contributed by atoms with Gasteiger partial charge in [-0.15, -0.1) is 0 Å². The van der Waals surface area contributed by atoms with Gasteiger partial charge in [-0.25, -0.2) is 4.98 Å². The summed E-state index contributed by atoms with van der Waals surface area (Å²) in [6, 6.07) is 24.5. The summed E-state index contributed by atoms with van der Waals surface area (Å²) in [5.74, 6) is 0.296. The molecule has 0 saturated heterocycles. The maximum atomic E-state index is 12.7. The summed E-state index contributed by atoms with van der Waals surface area (Å²) in [5.41, 5.74) is 4.19. The largest absolute Gasteiger partial charge is 0.345 e. The molecule has 4 aromatic rings. The van der Waals surface area contributed by atoms with Crippen LogP contribution >= 0.6 is 0 Å². The van der Waals surface area contributed by atoms with Crippen LogP contribution in [0.15, 0.2) is 78.9 Å². The monoisotopic (exact) mass is 412 g/mol. The number of imidazole rings is 1. The third-order valence-electron chi connectivity index (χ3n) is 5.12. The lowest BCUT2D eigenvalue weighted by atomic mass is 10.1. The zero-order valence-corrected chi connectivity index (χ0v) is 17.3. The summed E-state index contributed by atoms with van der Waals surface area (Å²) in [7, 11) is 0. The number of aryl methyl sites for hydroxylation is 1. The third-order valence-corrected chi connectivity index (χ3v) is 5.12. The predicted molar refractivity (Wildman–Crippen MR) is 122 cm³/mol. The highest BCUT2D eigenvalue weighted by Crippen LogP contribution is 2.17. The second kappa shape index (κ2) is 9.26.